The summed E-state index contributed by atoms with van der Waals surface area (Å²) < 4.78 is 5.51. The van der Waals surface area contributed by atoms with E-state index in [-0.39, 0.29) is 0 Å². The first-order valence-electron chi connectivity index (χ1n) is 5.87. The molecule has 3 nitrogen and oxygen atoms in total. The maximum Gasteiger partial charge on any atom is 0.119 e. The quantitative estimate of drug-likeness (QED) is 0.842. The van der Waals surface area contributed by atoms with Crippen molar-refractivity contribution in [2.24, 2.45) is 0 Å². The van der Waals surface area contributed by atoms with E-state index < -0.39 is 6.10 Å². The van der Waals surface area contributed by atoms with Gasteiger partial charge in [0.25, 0.3) is 0 Å². The molecule has 0 spiro atoms. The first-order valence-corrected chi connectivity index (χ1v) is 6.82. The molecule has 0 radical (unpaired) electrons. The van der Waals surface area contributed by atoms with Crippen molar-refractivity contribution in [1.82, 2.24) is 0 Å². The number of benzene rings is 1. The summed E-state index contributed by atoms with van der Waals surface area (Å²) in [5, 5.41) is 16.9. The van der Waals surface area contributed by atoms with E-state index in [4.69, 9.17) is 4.74 Å². The van der Waals surface area contributed by atoms with Crippen LogP contribution in [0.2, 0.25) is 0 Å². The van der Waals surface area contributed by atoms with Crippen molar-refractivity contribution >= 4 is 17.0 Å². The van der Waals surface area contributed by atoms with Crippen LogP contribution in [0, 0.1) is 6.92 Å². The van der Waals surface area contributed by atoms with Crippen molar-refractivity contribution in [1.29, 1.82) is 0 Å². The molecule has 0 amide bonds. The number of aliphatic hydroxyl groups is 1. The molecule has 1 atom stereocenters. The summed E-state index contributed by atoms with van der Waals surface area (Å²) in [5.74, 6) is 0.787. The van der Waals surface area contributed by atoms with E-state index in [1.54, 1.807) is 11.3 Å². The molecule has 1 aromatic heterocycles. The Hall–Kier alpha value is -1.52. The van der Waals surface area contributed by atoms with Gasteiger partial charge in [0.2, 0.25) is 0 Å². The van der Waals surface area contributed by atoms with Crippen LogP contribution in [0.1, 0.15) is 5.56 Å². The number of aliphatic hydroxyl groups excluding tert-OH is 1. The highest BCUT2D eigenvalue weighted by atomic mass is 32.1. The lowest BCUT2D eigenvalue weighted by molar-refractivity contribution is 0.117. The predicted molar refractivity (Wildman–Crippen MR) is 75.5 cm³/mol. The fourth-order valence-electron chi connectivity index (χ4n) is 1.49. The SMILES string of the molecule is Cc1ccc(OCC(O)CNc2ccsc2)cc1. The summed E-state index contributed by atoms with van der Waals surface area (Å²) in [6, 6.07) is 9.79. The van der Waals surface area contributed by atoms with Gasteiger partial charge in [-0.2, -0.15) is 11.3 Å². The van der Waals surface area contributed by atoms with Crippen LogP contribution >= 0.6 is 11.3 Å². The van der Waals surface area contributed by atoms with Gasteiger partial charge >= 0.3 is 0 Å². The van der Waals surface area contributed by atoms with Gasteiger partial charge in [-0.05, 0) is 30.5 Å². The van der Waals surface area contributed by atoms with Crippen LogP contribution in [0.3, 0.4) is 0 Å². The lowest BCUT2D eigenvalue weighted by Gasteiger charge is -2.13. The number of ether oxygens (including phenoxy) is 1. The van der Waals surface area contributed by atoms with Crippen LogP contribution in [-0.2, 0) is 0 Å². The third-order valence-electron chi connectivity index (χ3n) is 2.53. The van der Waals surface area contributed by atoms with Gasteiger partial charge in [0.15, 0.2) is 0 Å². The fourth-order valence-corrected chi connectivity index (χ4v) is 2.10. The second-order valence-corrected chi connectivity index (χ2v) is 4.95. The lowest BCUT2D eigenvalue weighted by Crippen LogP contribution is -2.26. The Bertz CT molecular complexity index is 453. The van der Waals surface area contributed by atoms with E-state index in [1.807, 2.05) is 48.0 Å². The molecule has 0 fully saturated rings. The Kier molecular flexibility index (Phi) is 4.61. The molecule has 1 unspecified atom stereocenters. The summed E-state index contributed by atoms with van der Waals surface area (Å²) in [6.45, 7) is 2.81. The van der Waals surface area contributed by atoms with Crippen molar-refractivity contribution in [2.45, 2.75) is 13.0 Å². The van der Waals surface area contributed by atoms with E-state index in [0.29, 0.717) is 13.2 Å². The van der Waals surface area contributed by atoms with Crippen molar-refractivity contribution < 1.29 is 9.84 Å². The van der Waals surface area contributed by atoms with Crippen LogP contribution in [0.4, 0.5) is 5.69 Å². The van der Waals surface area contributed by atoms with Crippen LogP contribution in [-0.4, -0.2) is 24.4 Å². The first kappa shape index (κ1) is 12.9. The van der Waals surface area contributed by atoms with Gasteiger partial charge < -0.3 is 15.2 Å². The largest absolute Gasteiger partial charge is 0.491 e. The number of rotatable bonds is 6. The molecule has 0 aliphatic rings. The topological polar surface area (TPSA) is 41.5 Å². The average Bonchev–Trinajstić information content (AvgIpc) is 2.89. The molecule has 0 aliphatic carbocycles. The van der Waals surface area contributed by atoms with E-state index in [9.17, 15) is 5.11 Å². The van der Waals surface area contributed by atoms with Gasteiger partial charge in [0, 0.05) is 17.6 Å². The molecule has 18 heavy (non-hydrogen) atoms. The molecular weight excluding hydrogens is 246 g/mol. The highest BCUT2D eigenvalue weighted by molar-refractivity contribution is 7.08. The molecule has 0 saturated heterocycles. The Labute approximate surface area is 111 Å². The predicted octanol–water partition coefficient (Wildman–Crippen LogP) is 2.91. The molecule has 4 heteroatoms. The van der Waals surface area contributed by atoms with Gasteiger partial charge in [-0.1, -0.05) is 17.7 Å². The fraction of sp³-hybridized carbons (Fsp3) is 0.286. The number of hydrogen-bond acceptors (Lipinski definition) is 4. The first-order chi connectivity index (χ1) is 8.74. The maximum atomic E-state index is 9.78. The van der Waals surface area contributed by atoms with E-state index >= 15 is 0 Å². The van der Waals surface area contributed by atoms with Crippen molar-refractivity contribution in [3.63, 3.8) is 0 Å². The third-order valence-corrected chi connectivity index (χ3v) is 3.21. The minimum absolute atomic E-state index is 0.292. The normalized spacial score (nSPS) is 12.1. The third kappa shape index (κ3) is 4.05. The molecule has 0 aliphatic heterocycles. The van der Waals surface area contributed by atoms with Gasteiger partial charge in [-0.15, -0.1) is 0 Å². The van der Waals surface area contributed by atoms with E-state index in [0.717, 1.165) is 11.4 Å². The van der Waals surface area contributed by atoms with Crippen LogP contribution in [0.25, 0.3) is 0 Å². The van der Waals surface area contributed by atoms with Crippen molar-refractivity contribution in [3.05, 3.63) is 46.7 Å². The number of nitrogens with one attached hydrogen (secondary N) is 1. The highest BCUT2D eigenvalue weighted by Gasteiger charge is 2.05. The lowest BCUT2D eigenvalue weighted by atomic mass is 10.2. The number of anilines is 1. The Balaban J connectivity index is 1.71. The average molecular weight is 263 g/mol. The number of thiophene rings is 1. The minimum atomic E-state index is -0.522. The molecule has 0 bridgehead atoms. The zero-order valence-electron chi connectivity index (χ0n) is 10.3. The monoisotopic (exact) mass is 263 g/mol. The second kappa shape index (κ2) is 6.42. The van der Waals surface area contributed by atoms with Gasteiger partial charge in [0.05, 0.1) is 0 Å². The van der Waals surface area contributed by atoms with Crippen LogP contribution in [0.15, 0.2) is 41.1 Å². The minimum Gasteiger partial charge on any atom is -0.491 e. The molecule has 2 N–H and O–H groups in total. The van der Waals surface area contributed by atoms with Crippen LogP contribution < -0.4 is 10.1 Å². The molecule has 2 aromatic rings. The maximum absolute atomic E-state index is 9.78. The smallest absolute Gasteiger partial charge is 0.119 e. The van der Waals surface area contributed by atoms with E-state index in [2.05, 4.69) is 5.32 Å². The molecule has 96 valence electrons. The van der Waals surface area contributed by atoms with Gasteiger partial charge in [-0.25, -0.2) is 0 Å². The Morgan fingerprint density at radius 3 is 2.72 bits per heavy atom. The molecule has 1 aromatic carbocycles. The summed E-state index contributed by atoms with van der Waals surface area (Å²) in [4.78, 5) is 0. The highest BCUT2D eigenvalue weighted by Crippen LogP contribution is 2.13. The molecular formula is C14H17NO2S. The Morgan fingerprint density at radius 2 is 2.06 bits per heavy atom. The van der Waals surface area contributed by atoms with Crippen LogP contribution in [0.5, 0.6) is 5.75 Å². The molecule has 1 heterocycles. The number of aryl methyl sites for hydroxylation is 1. The van der Waals surface area contributed by atoms with Gasteiger partial charge in [-0.3, -0.25) is 0 Å². The molecule has 2 rings (SSSR count). The molecule has 0 saturated carbocycles. The Morgan fingerprint density at radius 1 is 1.28 bits per heavy atom. The van der Waals surface area contributed by atoms with Crippen molar-refractivity contribution in [2.75, 3.05) is 18.5 Å². The number of hydrogen-bond donors (Lipinski definition) is 2. The summed E-state index contributed by atoms with van der Waals surface area (Å²) in [6.07, 6.45) is -0.522. The zero-order chi connectivity index (χ0) is 12.8. The zero-order valence-corrected chi connectivity index (χ0v) is 11.1. The van der Waals surface area contributed by atoms with Gasteiger partial charge in [0.1, 0.15) is 18.5 Å². The standard InChI is InChI=1S/C14H17NO2S/c1-11-2-4-14(5-3-11)17-9-13(16)8-15-12-6-7-18-10-12/h2-7,10,13,15-16H,8-9H2,1H3. The summed E-state index contributed by atoms with van der Waals surface area (Å²) in [5.41, 5.74) is 2.23. The summed E-state index contributed by atoms with van der Waals surface area (Å²) in [7, 11) is 0. The van der Waals surface area contributed by atoms with Crippen molar-refractivity contribution in [3.8, 4) is 5.75 Å². The second-order valence-electron chi connectivity index (χ2n) is 4.17. The van der Waals surface area contributed by atoms with E-state index in [1.165, 1.54) is 5.56 Å². The summed E-state index contributed by atoms with van der Waals surface area (Å²) >= 11 is 1.63.